The minimum absolute atomic E-state index is 0.0121. The zero-order chi connectivity index (χ0) is 13.1. The van der Waals surface area contributed by atoms with Crippen molar-refractivity contribution < 1.29 is 4.74 Å². The summed E-state index contributed by atoms with van der Waals surface area (Å²) in [5.74, 6) is 0.769. The van der Waals surface area contributed by atoms with Gasteiger partial charge in [0.25, 0.3) is 0 Å². The number of nitrogen functional groups attached to an aromatic ring is 1. The monoisotopic (exact) mass is 246 g/mol. The Morgan fingerprint density at radius 2 is 2.17 bits per heavy atom. The highest BCUT2D eigenvalue weighted by atomic mass is 16.5. The van der Waals surface area contributed by atoms with E-state index in [-0.39, 0.29) is 6.04 Å². The van der Waals surface area contributed by atoms with Gasteiger partial charge in [-0.3, -0.25) is 4.68 Å². The number of ether oxygens (including phenoxy) is 1. The fraction of sp³-hybridized carbons (Fsp3) is 0.308. The van der Waals surface area contributed by atoms with Crippen LogP contribution in [0.15, 0.2) is 30.5 Å². The summed E-state index contributed by atoms with van der Waals surface area (Å²) in [6.07, 6.45) is 1.74. The Hall–Kier alpha value is -2.01. The number of aromatic nitrogens is 2. The lowest BCUT2D eigenvalue weighted by Gasteiger charge is -2.14. The molecule has 0 aliphatic heterocycles. The number of benzene rings is 1. The Morgan fingerprint density at radius 1 is 1.39 bits per heavy atom. The van der Waals surface area contributed by atoms with E-state index in [9.17, 15) is 0 Å². The number of aryl methyl sites for hydroxylation is 1. The zero-order valence-corrected chi connectivity index (χ0v) is 10.6. The van der Waals surface area contributed by atoms with Crippen LogP contribution in [0.2, 0.25) is 0 Å². The summed E-state index contributed by atoms with van der Waals surface area (Å²) in [6, 6.07) is 7.47. The molecule has 0 saturated carbocycles. The lowest BCUT2D eigenvalue weighted by atomic mass is 10.1. The number of nitrogens with zero attached hydrogens (tertiary/aromatic N) is 2. The number of hydrogen-bond donors (Lipinski definition) is 2. The van der Waals surface area contributed by atoms with E-state index < -0.39 is 0 Å². The van der Waals surface area contributed by atoms with Crippen LogP contribution in [-0.4, -0.2) is 22.4 Å². The van der Waals surface area contributed by atoms with Crippen molar-refractivity contribution in [2.75, 3.05) is 12.3 Å². The summed E-state index contributed by atoms with van der Waals surface area (Å²) in [5.41, 5.74) is 14.1. The Morgan fingerprint density at radius 3 is 2.78 bits per heavy atom. The predicted octanol–water partition coefficient (Wildman–Crippen LogP) is 1.40. The maximum absolute atomic E-state index is 5.83. The van der Waals surface area contributed by atoms with Crippen LogP contribution < -0.4 is 16.2 Å². The second kappa shape index (κ2) is 5.10. The average molecular weight is 246 g/mol. The molecule has 0 spiro atoms. The third-order valence-electron chi connectivity index (χ3n) is 2.60. The molecule has 0 bridgehead atoms. The van der Waals surface area contributed by atoms with E-state index >= 15 is 0 Å². The van der Waals surface area contributed by atoms with Gasteiger partial charge in [-0.2, -0.15) is 5.10 Å². The van der Waals surface area contributed by atoms with Gasteiger partial charge in [-0.25, -0.2) is 0 Å². The van der Waals surface area contributed by atoms with E-state index in [4.69, 9.17) is 16.2 Å². The molecular formula is C13H18N4O. The Kier molecular flexibility index (Phi) is 3.53. The molecule has 0 fully saturated rings. The first kappa shape index (κ1) is 12.4. The molecule has 1 atom stereocenters. The molecule has 96 valence electrons. The topological polar surface area (TPSA) is 79.1 Å². The van der Waals surface area contributed by atoms with Crippen molar-refractivity contribution in [2.24, 2.45) is 12.8 Å². The molecule has 1 aromatic carbocycles. The molecule has 5 heteroatoms. The first-order valence-corrected chi connectivity index (χ1v) is 5.84. The zero-order valence-electron chi connectivity index (χ0n) is 10.6. The van der Waals surface area contributed by atoms with Gasteiger partial charge in [-0.1, -0.05) is 0 Å². The van der Waals surface area contributed by atoms with Gasteiger partial charge in [0, 0.05) is 30.5 Å². The fourth-order valence-electron chi connectivity index (χ4n) is 1.73. The maximum Gasteiger partial charge on any atom is 0.128 e. The molecule has 1 heterocycles. The van der Waals surface area contributed by atoms with Crippen LogP contribution in [0.3, 0.4) is 0 Å². The highest BCUT2D eigenvalue weighted by molar-refractivity contribution is 5.71. The molecule has 4 N–H and O–H groups in total. The van der Waals surface area contributed by atoms with E-state index in [1.54, 1.807) is 10.9 Å². The highest BCUT2D eigenvalue weighted by Gasteiger charge is 2.11. The Labute approximate surface area is 106 Å². The molecule has 0 radical (unpaired) electrons. The summed E-state index contributed by atoms with van der Waals surface area (Å²) in [4.78, 5) is 0. The smallest absolute Gasteiger partial charge is 0.128 e. The molecule has 0 unspecified atom stereocenters. The van der Waals surface area contributed by atoms with E-state index in [2.05, 4.69) is 5.10 Å². The molecule has 0 amide bonds. The molecule has 5 nitrogen and oxygen atoms in total. The molecule has 0 saturated heterocycles. The number of anilines is 1. The van der Waals surface area contributed by atoms with Crippen LogP contribution in [0.4, 0.5) is 5.69 Å². The van der Waals surface area contributed by atoms with Crippen molar-refractivity contribution in [2.45, 2.75) is 13.0 Å². The summed E-state index contributed by atoms with van der Waals surface area (Å²) in [7, 11) is 1.88. The van der Waals surface area contributed by atoms with Gasteiger partial charge in [0.1, 0.15) is 12.4 Å². The van der Waals surface area contributed by atoms with Crippen LogP contribution in [-0.2, 0) is 7.05 Å². The van der Waals surface area contributed by atoms with Gasteiger partial charge in [-0.05, 0) is 31.2 Å². The highest BCUT2D eigenvalue weighted by Crippen LogP contribution is 2.31. The third kappa shape index (κ3) is 2.62. The first-order chi connectivity index (χ1) is 8.58. The standard InChI is InChI=1S/C13H18N4O/c1-9(14)8-18-13-4-3-10(15)7-11(13)12-5-6-16-17(12)2/h3-7,9H,8,14-15H2,1-2H3/t9-/m0/s1. The summed E-state index contributed by atoms with van der Waals surface area (Å²) in [5, 5.41) is 4.15. The number of nitrogens with two attached hydrogens (primary N) is 2. The van der Waals surface area contributed by atoms with Crippen molar-refractivity contribution in [3.05, 3.63) is 30.5 Å². The molecule has 0 aliphatic rings. The van der Waals surface area contributed by atoms with Gasteiger partial charge in [0.2, 0.25) is 0 Å². The number of rotatable bonds is 4. The number of hydrogen-bond acceptors (Lipinski definition) is 4. The summed E-state index contributed by atoms with van der Waals surface area (Å²) >= 11 is 0. The third-order valence-corrected chi connectivity index (χ3v) is 2.60. The van der Waals surface area contributed by atoms with Crippen LogP contribution >= 0.6 is 0 Å². The lowest BCUT2D eigenvalue weighted by molar-refractivity contribution is 0.297. The lowest BCUT2D eigenvalue weighted by Crippen LogP contribution is -2.23. The van der Waals surface area contributed by atoms with Crippen LogP contribution in [0, 0.1) is 0 Å². The molecule has 1 aromatic heterocycles. The molecular weight excluding hydrogens is 228 g/mol. The van der Waals surface area contributed by atoms with Gasteiger partial charge in [0.05, 0.1) is 5.69 Å². The minimum atomic E-state index is -0.0121. The second-order valence-corrected chi connectivity index (χ2v) is 4.38. The van der Waals surface area contributed by atoms with Crippen molar-refractivity contribution in [3.8, 4) is 17.0 Å². The van der Waals surface area contributed by atoms with Crippen LogP contribution in [0.1, 0.15) is 6.92 Å². The summed E-state index contributed by atoms with van der Waals surface area (Å²) in [6.45, 7) is 2.37. The summed E-state index contributed by atoms with van der Waals surface area (Å²) < 4.78 is 7.50. The van der Waals surface area contributed by atoms with Gasteiger partial charge < -0.3 is 16.2 Å². The van der Waals surface area contributed by atoms with Crippen LogP contribution in [0.5, 0.6) is 5.75 Å². The quantitative estimate of drug-likeness (QED) is 0.799. The fourth-order valence-corrected chi connectivity index (χ4v) is 1.73. The van der Waals surface area contributed by atoms with E-state index in [1.807, 2.05) is 38.2 Å². The predicted molar refractivity (Wildman–Crippen MR) is 72.2 cm³/mol. The maximum atomic E-state index is 5.83. The van der Waals surface area contributed by atoms with Gasteiger partial charge in [0.15, 0.2) is 0 Å². The second-order valence-electron chi connectivity index (χ2n) is 4.38. The Balaban J connectivity index is 2.38. The molecule has 2 rings (SSSR count). The van der Waals surface area contributed by atoms with E-state index in [0.29, 0.717) is 12.3 Å². The largest absolute Gasteiger partial charge is 0.491 e. The van der Waals surface area contributed by atoms with E-state index in [1.165, 1.54) is 0 Å². The normalized spacial score (nSPS) is 12.4. The van der Waals surface area contributed by atoms with Crippen LogP contribution in [0.25, 0.3) is 11.3 Å². The Bertz CT molecular complexity index is 534. The van der Waals surface area contributed by atoms with Crippen molar-refractivity contribution >= 4 is 5.69 Å². The average Bonchev–Trinajstić information content (AvgIpc) is 2.73. The minimum Gasteiger partial charge on any atom is -0.491 e. The molecule has 0 aliphatic carbocycles. The SMILES string of the molecule is C[C@H](N)COc1ccc(N)cc1-c1ccnn1C. The van der Waals surface area contributed by atoms with Gasteiger partial charge >= 0.3 is 0 Å². The van der Waals surface area contributed by atoms with Crippen molar-refractivity contribution in [1.29, 1.82) is 0 Å². The molecule has 18 heavy (non-hydrogen) atoms. The van der Waals surface area contributed by atoms with E-state index in [0.717, 1.165) is 17.0 Å². The van der Waals surface area contributed by atoms with Crippen molar-refractivity contribution in [3.63, 3.8) is 0 Å². The van der Waals surface area contributed by atoms with Crippen molar-refractivity contribution in [1.82, 2.24) is 9.78 Å². The van der Waals surface area contributed by atoms with Gasteiger partial charge in [-0.15, -0.1) is 0 Å². The first-order valence-electron chi connectivity index (χ1n) is 5.84. The molecule has 2 aromatic rings.